The van der Waals surface area contributed by atoms with Crippen molar-refractivity contribution in [3.8, 4) is 11.5 Å². The van der Waals surface area contributed by atoms with Crippen LogP contribution in [0.15, 0.2) is 24.3 Å². The Hall–Kier alpha value is -3.02. The Morgan fingerprint density at radius 2 is 0.933 bits per heavy atom. The molecule has 0 aliphatic heterocycles. The van der Waals surface area contributed by atoms with Crippen molar-refractivity contribution in [2.75, 3.05) is 13.2 Å². The van der Waals surface area contributed by atoms with Gasteiger partial charge in [-0.05, 0) is 81.7 Å². The van der Waals surface area contributed by atoms with E-state index in [-0.39, 0.29) is 28.2 Å². The fourth-order valence-electron chi connectivity index (χ4n) is 5.47. The molecule has 0 fully saturated rings. The first-order valence-electron chi connectivity index (χ1n) is 16.9. The Labute approximate surface area is 272 Å². The van der Waals surface area contributed by atoms with Crippen LogP contribution in [-0.2, 0) is 54.6 Å². The van der Waals surface area contributed by atoms with E-state index in [1.54, 1.807) is 0 Å². The molecule has 0 unspecified atom stereocenters. The van der Waals surface area contributed by atoms with Crippen LogP contribution in [0.1, 0.15) is 148 Å². The number of hydrogen-bond donors (Lipinski definition) is 2. The fourth-order valence-corrected chi connectivity index (χ4v) is 5.47. The molecule has 0 atom stereocenters. The molecule has 2 rings (SSSR count). The zero-order chi connectivity index (χ0) is 34.0. The molecule has 0 saturated heterocycles. The average molecular weight is 625 g/mol. The van der Waals surface area contributed by atoms with Gasteiger partial charge in [-0.3, -0.25) is 9.59 Å². The van der Waals surface area contributed by atoms with Gasteiger partial charge in [0.25, 0.3) is 0 Å². The van der Waals surface area contributed by atoms with E-state index in [9.17, 15) is 19.8 Å². The molecule has 2 aromatic rings. The minimum Gasteiger partial charge on any atom is -0.507 e. The lowest BCUT2D eigenvalue weighted by Gasteiger charge is -2.28. The molecule has 0 bridgehead atoms. The van der Waals surface area contributed by atoms with Crippen LogP contribution in [0.25, 0.3) is 0 Å². The average Bonchev–Trinajstić information content (AvgIpc) is 2.93. The smallest absolute Gasteiger partial charge is 0.306 e. The number of rotatable bonds is 15. The Kier molecular flexibility index (Phi) is 14.0. The first kappa shape index (κ1) is 38.2. The highest BCUT2D eigenvalue weighted by Crippen LogP contribution is 2.40. The highest BCUT2D eigenvalue weighted by Gasteiger charge is 2.27. The first-order valence-corrected chi connectivity index (χ1v) is 16.9. The Morgan fingerprint density at radius 1 is 0.578 bits per heavy atom. The largest absolute Gasteiger partial charge is 0.507 e. The van der Waals surface area contributed by atoms with Crippen molar-refractivity contribution in [3.05, 3.63) is 57.6 Å². The van der Waals surface area contributed by atoms with Crippen LogP contribution in [0.2, 0.25) is 0 Å². The number of unbranched alkanes of at least 4 members (excludes halogenated alkanes) is 4. The van der Waals surface area contributed by atoms with Gasteiger partial charge >= 0.3 is 11.9 Å². The van der Waals surface area contributed by atoms with Gasteiger partial charge < -0.3 is 19.7 Å². The molecular formula is C39H60O6. The summed E-state index contributed by atoms with van der Waals surface area (Å²) in [6.45, 7) is 21.6. The number of phenols is 2. The van der Waals surface area contributed by atoms with Crippen LogP contribution in [0.3, 0.4) is 0 Å². The standard InChI is InChI=1S/C39H60O6/c1-11-29-23-27(24-30(35(29)42)37(2,3)4)17-19-33(40)44-21-15-13-12-14-16-22-45-34(41)20-18-28-25-31(38(5,6)7)36(43)32(26-28)39(8,9)10/h23-26,42-43H,11-22H2,1-10H3. The molecule has 0 radical (unpaired) electrons. The summed E-state index contributed by atoms with van der Waals surface area (Å²) in [5.41, 5.74) is 5.16. The van der Waals surface area contributed by atoms with Crippen LogP contribution in [0, 0.1) is 0 Å². The second kappa shape index (κ2) is 16.5. The minimum absolute atomic E-state index is 0.172. The second-order valence-electron chi connectivity index (χ2n) is 15.5. The van der Waals surface area contributed by atoms with Gasteiger partial charge in [-0.25, -0.2) is 0 Å². The van der Waals surface area contributed by atoms with Crippen molar-refractivity contribution in [1.29, 1.82) is 0 Å². The maximum atomic E-state index is 12.4. The van der Waals surface area contributed by atoms with Crippen LogP contribution < -0.4 is 0 Å². The van der Waals surface area contributed by atoms with Crippen LogP contribution in [0.4, 0.5) is 0 Å². The van der Waals surface area contributed by atoms with E-state index in [1.807, 2.05) is 31.2 Å². The minimum atomic E-state index is -0.202. The highest BCUT2D eigenvalue weighted by molar-refractivity contribution is 5.70. The summed E-state index contributed by atoms with van der Waals surface area (Å²) >= 11 is 0. The summed E-state index contributed by atoms with van der Waals surface area (Å²) in [5, 5.41) is 21.5. The highest BCUT2D eigenvalue weighted by atomic mass is 16.5. The SMILES string of the molecule is CCc1cc(CCC(=O)OCCCCCCCOC(=O)CCc2cc(C(C)(C)C)c(O)c(C(C)(C)C)c2)cc(C(C)(C)C)c1O. The number of hydrogen-bond acceptors (Lipinski definition) is 6. The molecule has 0 aromatic heterocycles. The van der Waals surface area contributed by atoms with Gasteiger partial charge in [0.05, 0.1) is 13.2 Å². The second-order valence-corrected chi connectivity index (χ2v) is 15.5. The number of carbonyl (C=O) groups is 2. The van der Waals surface area contributed by atoms with Crippen molar-refractivity contribution < 1.29 is 29.3 Å². The molecule has 0 saturated carbocycles. The summed E-state index contributed by atoms with van der Waals surface area (Å²) in [7, 11) is 0. The van der Waals surface area contributed by atoms with Crippen molar-refractivity contribution in [2.45, 2.75) is 150 Å². The molecule has 0 aliphatic rings. The quantitative estimate of drug-likeness (QED) is 0.152. The monoisotopic (exact) mass is 624 g/mol. The van der Waals surface area contributed by atoms with Crippen molar-refractivity contribution in [3.63, 3.8) is 0 Å². The van der Waals surface area contributed by atoms with Gasteiger partial charge in [-0.2, -0.15) is 0 Å². The molecule has 252 valence electrons. The maximum absolute atomic E-state index is 12.4. The van der Waals surface area contributed by atoms with Crippen LogP contribution in [0.5, 0.6) is 11.5 Å². The number of aryl methyl sites for hydroxylation is 3. The fraction of sp³-hybridized carbons (Fsp3) is 0.641. The van der Waals surface area contributed by atoms with Crippen molar-refractivity contribution in [2.24, 2.45) is 0 Å². The summed E-state index contributed by atoms with van der Waals surface area (Å²) in [6.07, 6.45) is 7.11. The zero-order valence-electron chi connectivity index (χ0n) is 29.8. The molecule has 6 nitrogen and oxygen atoms in total. The molecule has 6 heteroatoms. The third-order valence-electron chi connectivity index (χ3n) is 8.27. The summed E-state index contributed by atoms with van der Waals surface area (Å²) in [5.74, 6) is 0.328. The first-order chi connectivity index (χ1) is 20.8. The number of ether oxygens (including phenoxy) is 2. The molecule has 45 heavy (non-hydrogen) atoms. The topological polar surface area (TPSA) is 93.1 Å². The lowest BCUT2D eigenvalue weighted by atomic mass is 9.78. The molecule has 0 aliphatic carbocycles. The number of aromatic hydroxyl groups is 2. The Balaban J connectivity index is 1.64. The third kappa shape index (κ3) is 12.4. The molecule has 0 heterocycles. The number of esters is 2. The van der Waals surface area contributed by atoms with Gasteiger partial charge in [0.1, 0.15) is 11.5 Å². The number of phenolic OH excluding ortho intramolecular Hbond substituents is 2. The van der Waals surface area contributed by atoms with E-state index in [4.69, 9.17) is 9.47 Å². The lowest BCUT2D eigenvalue weighted by Crippen LogP contribution is -2.18. The van der Waals surface area contributed by atoms with Gasteiger partial charge in [-0.1, -0.05) is 113 Å². The maximum Gasteiger partial charge on any atom is 0.306 e. The molecule has 2 N–H and O–H groups in total. The zero-order valence-corrected chi connectivity index (χ0v) is 29.8. The molecule has 0 spiro atoms. The van der Waals surface area contributed by atoms with Crippen LogP contribution in [-0.4, -0.2) is 35.4 Å². The van der Waals surface area contributed by atoms with E-state index in [1.165, 1.54) is 0 Å². The van der Waals surface area contributed by atoms with Gasteiger partial charge in [0.2, 0.25) is 0 Å². The van der Waals surface area contributed by atoms with Gasteiger partial charge in [-0.15, -0.1) is 0 Å². The van der Waals surface area contributed by atoms with E-state index in [0.29, 0.717) is 50.4 Å². The summed E-state index contributed by atoms with van der Waals surface area (Å²) < 4.78 is 10.9. The number of carbonyl (C=O) groups excluding carboxylic acids is 2. The summed E-state index contributed by atoms with van der Waals surface area (Å²) in [6, 6.07) is 8.06. The predicted molar refractivity (Wildman–Crippen MR) is 183 cm³/mol. The lowest BCUT2D eigenvalue weighted by molar-refractivity contribution is -0.144. The van der Waals surface area contributed by atoms with Gasteiger partial charge in [0, 0.05) is 12.8 Å². The molecule has 0 amide bonds. The third-order valence-corrected chi connectivity index (χ3v) is 8.27. The number of benzene rings is 2. The van der Waals surface area contributed by atoms with E-state index >= 15 is 0 Å². The van der Waals surface area contributed by atoms with E-state index in [0.717, 1.165) is 71.9 Å². The Morgan fingerprint density at radius 3 is 1.31 bits per heavy atom. The molecule has 2 aromatic carbocycles. The van der Waals surface area contributed by atoms with E-state index in [2.05, 4.69) is 62.3 Å². The predicted octanol–water partition coefficient (Wildman–Crippen LogP) is 9.16. The molecular weight excluding hydrogens is 564 g/mol. The van der Waals surface area contributed by atoms with E-state index < -0.39 is 0 Å². The Bertz CT molecular complexity index is 1240. The van der Waals surface area contributed by atoms with Gasteiger partial charge in [0.15, 0.2) is 0 Å². The van der Waals surface area contributed by atoms with Crippen molar-refractivity contribution >= 4 is 11.9 Å². The van der Waals surface area contributed by atoms with Crippen LogP contribution >= 0.6 is 0 Å². The van der Waals surface area contributed by atoms with Crippen molar-refractivity contribution in [1.82, 2.24) is 0 Å². The summed E-state index contributed by atoms with van der Waals surface area (Å²) in [4.78, 5) is 24.7. The normalized spacial score (nSPS) is 12.3.